The Kier molecular flexibility index (Phi) is 6.77. The summed E-state index contributed by atoms with van der Waals surface area (Å²) in [6, 6.07) is 12.7. The van der Waals surface area contributed by atoms with Crippen LogP contribution >= 0.6 is 11.6 Å². The molecule has 180 valence electrons. The predicted molar refractivity (Wildman–Crippen MR) is 132 cm³/mol. The van der Waals surface area contributed by atoms with E-state index in [1.807, 2.05) is 35.2 Å². The predicted octanol–water partition coefficient (Wildman–Crippen LogP) is 4.94. The third kappa shape index (κ3) is 4.65. The third-order valence-corrected chi connectivity index (χ3v) is 7.32. The smallest absolute Gasteiger partial charge is 0.322 e. The molecule has 3 heterocycles. The van der Waals surface area contributed by atoms with Gasteiger partial charge in [0, 0.05) is 55.6 Å². The van der Waals surface area contributed by atoms with Crippen molar-refractivity contribution < 1.29 is 13.9 Å². The molecule has 2 aliphatic rings. The van der Waals surface area contributed by atoms with Gasteiger partial charge >= 0.3 is 6.03 Å². The van der Waals surface area contributed by atoms with Crippen LogP contribution in [0.4, 0.5) is 9.18 Å². The molecule has 2 fully saturated rings. The van der Waals surface area contributed by atoms with Crippen molar-refractivity contribution in [3.8, 4) is 5.69 Å². The van der Waals surface area contributed by atoms with E-state index in [0.29, 0.717) is 12.6 Å². The first-order valence-electron chi connectivity index (χ1n) is 11.8. The number of likely N-dealkylation sites (tertiary alicyclic amines) is 1. The molecule has 6 nitrogen and oxygen atoms in total. The normalized spacial score (nSPS) is 17.9. The number of methoxy groups -OCH3 is 1. The molecule has 34 heavy (non-hydrogen) atoms. The largest absolute Gasteiger partial charge is 0.364 e. The number of hydrogen-bond donors (Lipinski definition) is 0. The van der Waals surface area contributed by atoms with Crippen molar-refractivity contribution in [3.05, 3.63) is 65.1 Å². The van der Waals surface area contributed by atoms with Gasteiger partial charge in [-0.15, -0.1) is 0 Å². The van der Waals surface area contributed by atoms with Crippen molar-refractivity contribution in [2.75, 3.05) is 53.1 Å². The van der Waals surface area contributed by atoms with Crippen LogP contribution in [0.3, 0.4) is 0 Å². The van der Waals surface area contributed by atoms with Crippen molar-refractivity contribution in [1.29, 1.82) is 0 Å². The highest BCUT2D eigenvalue weighted by Crippen LogP contribution is 2.37. The molecule has 2 aromatic carbocycles. The molecule has 2 saturated heterocycles. The van der Waals surface area contributed by atoms with Gasteiger partial charge in [-0.3, -0.25) is 4.90 Å². The van der Waals surface area contributed by atoms with Gasteiger partial charge in [0.1, 0.15) is 12.5 Å². The van der Waals surface area contributed by atoms with Crippen LogP contribution in [0.25, 0.3) is 16.6 Å². The maximum Gasteiger partial charge on any atom is 0.322 e. The summed E-state index contributed by atoms with van der Waals surface area (Å²) in [5, 5.41) is 1.89. The Bertz CT molecular complexity index is 1160. The highest BCUT2D eigenvalue weighted by atomic mass is 35.5. The number of aromatic nitrogens is 1. The SMILES string of the molecule is COCN1CCN(CCN2CCC(c3cn(-c4ccc(F)cc4)c4ccc(Cl)cc34)CC2)C1=O. The molecule has 0 unspecified atom stereocenters. The summed E-state index contributed by atoms with van der Waals surface area (Å²) >= 11 is 6.36. The number of urea groups is 1. The summed E-state index contributed by atoms with van der Waals surface area (Å²) in [5.74, 6) is 0.197. The third-order valence-electron chi connectivity index (χ3n) is 7.08. The Morgan fingerprint density at radius 1 is 1.00 bits per heavy atom. The lowest BCUT2D eigenvalue weighted by Crippen LogP contribution is -2.41. The fraction of sp³-hybridized carbons (Fsp3) is 0.423. The summed E-state index contributed by atoms with van der Waals surface area (Å²) < 4.78 is 20.7. The number of hydrogen-bond acceptors (Lipinski definition) is 3. The lowest BCUT2D eigenvalue weighted by molar-refractivity contribution is 0.0920. The molecule has 0 N–H and O–H groups in total. The molecular formula is C26H30ClFN4O2. The van der Waals surface area contributed by atoms with E-state index in [0.717, 1.165) is 73.7 Å². The van der Waals surface area contributed by atoms with Crippen LogP contribution in [-0.2, 0) is 4.74 Å². The molecule has 2 aliphatic heterocycles. The molecule has 0 aliphatic carbocycles. The monoisotopic (exact) mass is 484 g/mol. The van der Waals surface area contributed by atoms with Gasteiger partial charge in [-0.25, -0.2) is 9.18 Å². The first kappa shape index (κ1) is 23.1. The highest BCUT2D eigenvalue weighted by molar-refractivity contribution is 6.31. The minimum absolute atomic E-state index is 0.0715. The lowest BCUT2D eigenvalue weighted by Gasteiger charge is -2.33. The van der Waals surface area contributed by atoms with E-state index in [1.165, 1.54) is 17.7 Å². The Balaban J connectivity index is 1.26. The van der Waals surface area contributed by atoms with Crippen LogP contribution in [-0.4, -0.2) is 78.4 Å². The number of ether oxygens (including phenoxy) is 1. The van der Waals surface area contributed by atoms with Crippen LogP contribution < -0.4 is 0 Å². The van der Waals surface area contributed by atoms with E-state index < -0.39 is 0 Å². The van der Waals surface area contributed by atoms with Gasteiger partial charge in [0.05, 0.1) is 5.52 Å². The zero-order valence-electron chi connectivity index (χ0n) is 19.4. The Morgan fingerprint density at radius 3 is 2.47 bits per heavy atom. The number of carbonyl (C=O) groups is 1. The van der Waals surface area contributed by atoms with Crippen LogP contribution in [0.2, 0.25) is 5.02 Å². The highest BCUT2D eigenvalue weighted by Gasteiger charge is 2.29. The van der Waals surface area contributed by atoms with Crippen molar-refractivity contribution in [2.24, 2.45) is 0 Å². The van der Waals surface area contributed by atoms with E-state index in [2.05, 4.69) is 15.7 Å². The molecule has 0 saturated carbocycles. The van der Waals surface area contributed by atoms with Gasteiger partial charge < -0.3 is 19.1 Å². The van der Waals surface area contributed by atoms with E-state index in [-0.39, 0.29) is 11.8 Å². The molecule has 0 radical (unpaired) electrons. The number of rotatable bonds is 7. The summed E-state index contributed by atoms with van der Waals surface area (Å²) in [6.45, 7) is 5.50. The van der Waals surface area contributed by atoms with E-state index >= 15 is 0 Å². The fourth-order valence-corrected chi connectivity index (χ4v) is 5.39. The minimum atomic E-state index is -0.238. The van der Waals surface area contributed by atoms with Crippen LogP contribution in [0.15, 0.2) is 48.7 Å². The summed E-state index contributed by atoms with van der Waals surface area (Å²) in [4.78, 5) is 18.5. The number of piperidine rings is 1. The standard InChI is InChI=1S/C26H30ClFN4O2/c1-34-18-31-15-14-30(26(31)33)13-12-29-10-8-19(9-11-29)24-17-32(22-5-3-21(28)4-6-22)25-7-2-20(27)16-23(24)25/h2-7,16-17,19H,8-15,18H2,1H3. The van der Waals surface area contributed by atoms with Gasteiger partial charge in [-0.05, 0) is 79.9 Å². The Labute approximate surface area is 204 Å². The number of halogens is 2. The molecule has 0 bridgehead atoms. The number of fused-ring (bicyclic) bond motifs is 1. The molecule has 0 atom stereocenters. The second kappa shape index (κ2) is 9.94. The van der Waals surface area contributed by atoms with E-state index in [9.17, 15) is 9.18 Å². The zero-order chi connectivity index (χ0) is 23.7. The second-order valence-corrected chi connectivity index (χ2v) is 9.60. The van der Waals surface area contributed by atoms with Gasteiger partial charge in [-0.2, -0.15) is 0 Å². The van der Waals surface area contributed by atoms with Crippen LogP contribution in [0.5, 0.6) is 0 Å². The maximum absolute atomic E-state index is 13.5. The number of nitrogens with zero attached hydrogens (tertiary/aromatic N) is 4. The topological polar surface area (TPSA) is 41.0 Å². The van der Waals surface area contributed by atoms with Crippen LogP contribution in [0, 0.1) is 5.82 Å². The average molecular weight is 485 g/mol. The van der Waals surface area contributed by atoms with Gasteiger partial charge in [0.25, 0.3) is 0 Å². The van der Waals surface area contributed by atoms with Gasteiger partial charge in [-0.1, -0.05) is 11.6 Å². The van der Waals surface area contributed by atoms with E-state index in [4.69, 9.17) is 16.3 Å². The maximum atomic E-state index is 13.5. The first-order chi connectivity index (χ1) is 16.5. The van der Waals surface area contributed by atoms with Crippen LogP contribution in [0.1, 0.15) is 24.3 Å². The zero-order valence-corrected chi connectivity index (χ0v) is 20.2. The second-order valence-electron chi connectivity index (χ2n) is 9.16. The van der Waals surface area contributed by atoms with Crippen molar-refractivity contribution in [1.82, 2.24) is 19.3 Å². The quantitative estimate of drug-likeness (QED) is 0.476. The molecule has 8 heteroatoms. The minimum Gasteiger partial charge on any atom is -0.364 e. The van der Waals surface area contributed by atoms with Crippen molar-refractivity contribution >= 4 is 28.5 Å². The number of amides is 2. The van der Waals surface area contributed by atoms with Gasteiger partial charge in [0.2, 0.25) is 0 Å². The number of carbonyl (C=O) groups excluding carboxylic acids is 1. The van der Waals surface area contributed by atoms with E-state index in [1.54, 1.807) is 12.0 Å². The molecule has 5 rings (SSSR count). The molecule has 0 spiro atoms. The first-order valence-corrected chi connectivity index (χ1v) is 12.2. The van der Waals surface area contributed by atoms with Crippen molar-refractivity contribution in [2.45, 2.75) is 18.8 Å². The van der Waals surface area contributed by atoms with Gasteiger partial charge in [0.15, 0.2) is 0 Å². The average Bonchev–Trinajstić information content (AvgIpc) is 3.39. The Morgan fingerprint density at radius 2 is 1.74 bits per heavy atom. The fourth-order valence-electron chi connectivity index (χ4n) is 5.21. The summed E-state index contributed by atoms with van der Waals surface area (Å²) in [5.41, 5.74) is 3.32. The summed E-state index contributed by atoms with van der Waals surface area (Å²) in [7, 11) is 1.62. The molecular weight excluding hydrogens is 455 g/mol. The molecule has 3 aromatic rings. The van der Waals surface area contributed by atoms with Crippen molar-refractivity contribution in [3.63, 3.8) is 0 Å². The molecule has 2 amide bonds. The molecule has 1 aromatic heterocycles. The number of benzene rings is 2. The Hall–Kier alpha value is -2.61. The summed E-state index contributed by atoms with van der Waals surface area (Å²) in [6.07, 6.45) is 4.30. The lowest BCUT2D eigenvalue weighted by atomic mass is 9.89.